The van der Waals surface area contributed by atoms with Crippen LogP contribution in [-0.2, 0) is 21.0 Å². The molecule has 230 valence electrons. The van der Waals surface area contributed by atoms with E-state index in [4.69, 9.17) is 9.47 Å². The molecule has 0 aromatic heterocycles. The van der Waals surface area contributed by atoms with Crippen molar-refractivity contribution in [2.24, 2.45) is 0 Å². The molecule has 3 aromatic rings. The normalized spacial score (nSPS) is 14.0. The van der Waals surface area contributed by atoms with Crippen LogP contribution in [0.2, 0.25) is 0 Å². The molecule has 3 aromatic carbocycles. The molecule has 0 amide bonds. The van der Waals surface area contributed by atoms with Gasteiger partial charge in [0.1, 0.15) is 28.5 Å². The summed E-state index contributed by atoms with van der Waals surface area (Å²) in [6, 6.07) is 19.3. The van der Waals surface area contributed by atoms with Crippen LogP contribution >= 0.6 is 0 Å². The molecule has 0 aliphatic rings. The van der Waals surface area contributed by atoms with Crippen molar-refractivity contribution in [3.05, 3.63) is 72.8 Å². The average molecular weight is 635 g/mol. The average Bonchev–Trinajstić information content (AvgIpc) is 2.82. The van der Waals surface area contributed by atoms with E-state index < -0.39 is 55.5 Å². The van der Waals surface area contributed by atoms with Crippen molar-refractivity contribution in [2.75, 3.05) is 0 Å². The van der Waals surface area contributed by atoms with Gasteiger partial charge in [-0.1, -0.05) is 0 Å². The summed E-state index contributed by atoms with van der Waals surface area (Å²) in [5.74, 6) is 0.552. The van der Waals surface area contributed by atoms with Gasteiger partial charge in [0, 0.05) is 0 Å². The molecule has 0 saturated carbocycles. The second kappa shape index (κ2) is 11.9. The van der Waals surface area contributed by atoms with E-state index in [1.165, 1.54) is 12.1 Å². The molecule has 0 heterocycles. The third-order valence-electron chi connectivity index (χ3n) is 5.22. The quantitative estimate of drug-likeness (QED) is 0.137. The van der Waals surface area contributed by atoms with E-state index in [0.29, 0.717) is 16.4 Å². The molecule has 0 N–H and O–H groups in total. The zero-order chi connectivity index (χ0) is 31.7. The fraction of sp³-hybridized carbons (Fsp3) is 0.379. The lowest BCUT2D eigenvalue weighted by Gasteiger charge is -2.30. The van der Waals surface area contributed by atoms with E-state index in [2.05, 4.69) is 4.74 Å². The first-order valence-corrected chi connectivity index (χ1v) is 15.2. The Balaban J connectivity index is 2.01. The minimum absolute atomic E-state index is 0.432. The molecule has 0 aliphatic carbocycles. The predicted octanol–water partition coefficient (Wildman–Crippen LogP) is 7.58. The second-order valence-electron chi connectivity index (χ2n) is 11.2. The van der Waals surface area contributed by atoms with Gasteiger partial charge in [0.25, 0.3) is 6.10 Å². The van der Waals surface area contributed by atoms with Crippen LogP contribution in [0.3, 0.4) is 0 Å². The van der Waals surface area contributed by atoms with Gasteiger partial charge in [-0.15, -0.1) is 0 Å². The number of benzene rings is 3. The molecule has 6 nitrogen and oxygen atoms in total. The van der Waals surface area contributed by atoms with Gasteiger partial charge in [0.15, 0.2) is 24.8 Å². The molecule has 0 aliphatic heterocycles. The van der Waals surface area contributed by atoms with Crippen molar-refractivity contribution >= 4 is 21.0 Å². The molecule has 13 heteroatoms. The lowest BCUT2D eigenvalue weighted by atomic mass is 10.2. The number of halogens is 5. The van der Waals surface area contributed by atoms with E-state index in [9.17, 15) is 34.9 Å². The zero-order valence-corrected chi connectivity index (χ0v) is 25.3. The first-order chi connectivity index (χ1) is 19.1. The third-order valence-corrected chi connectivity index (χ3v) is 8.33. The number of rotatable bonds is 9. The van der Waals surface area contributed by atoms with E-state index in [1.807, 2.05) is 65.8 Å². The minimum Gasteiger partial charge on any atom is -0.743 e. The SMILES string of the molecule is CC(C)(C)Oc1ccc([S+](c2ccc(OC(C(F)(F)F)C(F)(F)S(=O)(=O)[O-])cc2)c2ccc(OC(C)(C)C)cc2)cc1. The van der Waals surface area contributed by atoms with Crippen LogP contribution in [0.5, 0.6) is 17.2 Å². The highest BCUT2D eigenvalue weighted by Crippen LogP contribution is 2.40. The molecular formula is C29H31F5O6S2. The summed E-state index contributed by atoms with van der Waals surface area (Å²) in [4.78, 5) is 2.21. The summed E-state index contributed by atoms with van der Waals surface area (Å²) in [5.41, 5.74) is -0.864. The molecule has 0 bridgehead atoms. The molecular weight excluding hydrogens is 603 g/mol. The lowest BCUT2D eigenvalue weighted by molar-refractivity contribution is -0.239. The highest BCUT2D eigenvalue weighted by atomic mass is 32.2. The molecule has 42 heavy (non-hydrogen) atoms. The third kappa shape index (κ3) is 8.74. The second-order valence-corrected chi connectivity index (χ2v) is 14.7. The molecule has 3 rings (SSSR count). The smallest absolute Gasteiger partial charge is 0.432 e. The number of hydrogen-bond donors (Lipinski definition) is 0. The van der Waals surface area contributed by atoms with E-state index >= 15 is 0 Å². The summed E-state index contributed by atoms with van der Waals surface area (Å²) in [5, 5.41) is -5.75. The van der Waals surface area contributed by atoms with Crippen molar-refractivity contribution < 1.29 is 49.1 Å². The fourth-order valence-electron chi connectivity index (χ4n) is 3.65. The molecule has 1 unspecified atom stereocenters. The van der Waals surface area contributed by atoms with Gasteiger partial charge in [-0.2, -0.15) is 22.0 Å². The summed E-state index contributed by atoms with van der Waals surface area (Å²) in [6.45, 7) is 11.4. The van der Waals surface area contributed by atoms with Crippen molar-refractivity contribution in [3.63, 3.8) is 0 Å². The van der Waals surface area contributed by atoms with Gasteiger partial charge in [-0.05, 0) is 114 Å². The van der Waals surface area contributed by atoms with Gasteiger partial charge < -0.3 is 18.8 Å². The van der Waals surface area contributed by atoms with Crippen LogP contribution in [-0.4, -0.2) is 41.7 Å². The van der Waals surface area contributed by atoms with Crippen LogP contribution in [0.1, 0.15) is 41.5 Å². The predicted molar refractivity (Wildman–Crippen MR) is 147 cm³/mol. The lowest BCUT2D eigenvalue weighted by Crippen LogP contribution is -2.53. The fourth-order valence-corrected chi connectivity index (χ4v) is 6.14. The molecule has 0 saturated heterocycles. The first kappa shape index (κ1) is 33.5. The molecule has 0 radical (unpaired) electrons. The highest BCUT2D eigenvalue weighted by Gasteiger charge is 2.62. The van der Waals surface area contributed by atoms with Crippen molar-refractivity contribution in [3.8, 4) is 17.2 Å². The van der Waals surface area contributed by atoms with Crippen LogP contribution in [0.4, 0.5) is 22.0 Å². The van der Waals surface area contributed by atoms with E-state index in [-0.39, 0.29) is 0 Å². The largest absolute Gasteiger partial charge is 0.743 e. The minimum atomic E-state index is -6.68. The maximum Gasteiger partial charge on any atom is 0.432 e. The summed E-state index contributed by atoms with van der Waals surface area (Å²) in [7, 11) is -7.51. The molecule has 0 fully saturated rings. The van der Waals surface area contributed by atoms with E-state index in [1.54, 1.807) is 24.3 Å². The zero-order valence-electron chi connectivity index (χ0n) is 23.7. The Hall–Kier alpha value is -3.03. The Kier molecular flexibility index (Phi) is 9.50. The Morgan fingerprint density at radius 1 is 0.619 bits per heavy atom. The number of hydrogen-bond acceptors (Lipinski definition) is 6. The Morgan fingerprint density at radius 2 is 0.929 bits per heavy atom. The van der Waals surface area contributed by atoms with Gasteiger partial charge in [-0.25, -0.2) is 8.42 Å². The Morgan fingerprint density at radius 3 is 1.19 bits per heavy atom. The molecule has 1 atom stereocenters. The standard InChI is InChI=1S/C29H31F5O6S2/c1-26(2,3)39-20-9-15-23(16-10-20)41(24-17-11-21(12-18-24)40-27(4,5)6)22-13-7-19(8-14-22)38-25(28(30,31)32)29(33,34)42(35,36)37/h7-18,25H,1-6H3. The Bertz CT molecular complexity index is 1380. The summed E-state index contributed by atoms with van der Waals surface area (Å²) < 4.78 is 117. The monoisotopic (exact) mass is 634 g/mol. The number of alkyl halides is 5. The number of ether oxygens (including phenoxy) is 3. The van der Waals surface area contributed by atoms with Crippen LogP contribution in [0.25, 0.3) is 0 Å². The van der Waals surface area contributed by atoms with Gasteiger partial charge in [-0.3, -0.25) is 0 Å². The van der Waals surface area contributed by atoms with Crippen LogP contribution < -0.4 is 14.2 Å². The topological polar surface area (TPSA) is 84.9 Å². The maximum atomic E-state index is 13.9. The molecule has 0 spiro atoms. The summed E-state index contributed by atoms with van der Waals surface area (Å²) >= 11 is 0. The first-order valence-electron chi connectivity index (χ1n) is 12.6. The van der Waals surface area contributed by atoms with E-state index in [0.717, 1.165) is 21.9 Å². The van der Waals surface area contributed by atoms with Crippen molar-refractivity contribution in [1.82, 2.24) is 0 Å². The maximum absolute atomic E-state index is 13.9. The summed E-state index contributed by atoms with van der Waals surface area (Å²) in [6.07, 6.45) is -10.0. The van der Waals surface area contributed by atoms with Crippen LogP contribution in [0, 0.1) is 0 Å². The van der Waals surface area contributed by atoms with Crippen molar-refractivity contribution in [1.29, 1.82) is 0 Å². The van der Waals surface area contributed by atoms with Gasteiger partial charge >= 0.3 is 11.4 Å². The highest BCUT2D eigenvalue weighted by molar-refractivity contribution is 7.97. The van der Waals surface area contributed by atoms with Crippen LogP contribution in [0.15, 0.2) is 87.5 Å². The van der Waals surface area contributed by atoms with Crippen molar-refractivity contribution in [2.45, 2.75) is 85.0 Å². The van der Waals surface area contributed by atoms with Gasteiger partial charge in [0.2, 0.25) is 0 Å². The Labute approximate surface area is 244 Å². The van der Waals surface area contributed by atoms with Gasteiger partial charge in [0.05, 0.1) is 10.9 Å².